The molecule has 1 amide bonds. The van der Waals surface area contributed by atoms with E-state index in [9.17, 15) is 9.59 Å². The van der Waals surface area contributed by atoms with Crippen LogP contribution in [-0.2, 0) is 4.74 Å². The molecule has 2 rings (SSSR count). The first kappa shape index (κ1) is 16.2. The lowest BCUT2D eigenvalue weighted by Gasteiger charge is -2.03. The fourth-order valence-electron chi connectivity index (χ4n) is 1.82. The Bertz CT molecular complexity index is 724. The van der Waals surface area contributed by atoms with Gasteiger partial charge in [0.15, 0.2) is 0 Å². The van der Waals surface area contributed by atoms with Crippen LogP contribution in [0.2, 0.25) is 0 Å². The van der Waals surface area contributed by atoms with E-state index in [1.54, 1.807) is 48.5 Å². The smallest absolute Gasteiger partial charge is 0.337 e. The molecule has 0 saturated heterocycles. The van der Waals surface area contributed by atoms with Crippen molar-refractivity contribution in [3.05, 3.63) is 65.2 Å². The van der Waals surface area contributed by atoms with Gasteiger partial charge in [-0.25, -0.2) is 10.2 Å². The van der Waals surface area contributed by atoms with Gasteiger partial charge in [-0.3, -0.25) is 4.79 Å². The first-order valence-corrected chi connectivity index (χ1v) is 6.80. The van der Waals surface area contributed by atoms with Crippen LogP contribution in [0.15, 0.2) is 53.6 Å². The molecule has 0 heterocycles. The molecule has 0 unspecified atom stereocenters. The Morgan fingerprint density at radius 3 is 2.43 bits per heavy atom. The Kier molecular flexibility index (Phi) is 5.46. The van der Waals surface area contributed by atoms with Gasteiger partial charge in [0.2, 0.25) is 0 Å². The summed E-state index contributed by atoms with van der Waals surface area (Å²) in [5, 5.41) is 3.89. The van der Waals surface area contributed by atoms with Crippen molar-refractivity contribution in [2.75, 3.05) is 14.2 Å². The highest BCUT2D eigenvalue weighted by atomic mass is 16.5. The number of amides is 1. The van der Waals surface area contributed by atoms with E-state index in [1.165, 1.54) is 20.4 Å². The number of nitrogens with one attached hydrogen (secondary N) is 1. The van der Waals surface area contributed by atoms with E-state index in [4.69, 9.17) is 4.74 Å². The van der Waals surface area contributed by atoms with Gasteiger partial charge in [-0.05, 0) is 35.9 Å². The first-order valence-electron chi connectivity index (χ1n) is 6.80. The molecule has 118 valence electrons. The standard InChI is InChI=1S/C17H16N2O4/c1-22-15-5-3-4-14(10-15)16(20)19-18-11-12-6-8-13(9-7-12)17(21)23-2/h3-11H,1-2H3,(H,19,20)/b18-11+. The van der Waals surface area contributed by atoms with Crippen LogP contribution >= 0.6 is 0 Å². The molecule has 23 heavy (non-hydrogen) atoms. The Balaban J connectivity index is 1.98. The maximum atomic E-state index is 11.9. The van der Waals surface area contributed by atoms with Crippen molar-refractivity contribution in [2.24, 2.45) is 5.10 Å². The molecule has 6 nitrogen and oxygen atoms in total. The van der Waals surface area contributed by atoms with Crippen LogP contribution in [0, 0.1) is 0 Å². The lowest BCUT2D eigenvalue weighted by Crippen LogP contribution is -2.17. The van der Waals surface area contributed by atoms with Gasteiger partial charge in [0.25, 0.3) is 5.91 Å². The van der Waals surface area contributed by atoms with Gasteiger partial charge in [-0.2, -0.15) is 5.10 Å². The second-order valence-electron chi connectivity index (χ2n) is 4.54. The van der Waals surface area contributed by atoms with Gasteiger partial charge in [0.05, 0.1) is 26.0 Å². The van der Waals surface area contributed by atoms with Crippen molar-refractivity contribution in [3.63, 3.8) is 0 Å². The zero-order valence-corrected chi connectivity index (χ0v) is 12.8. The predicted octanol–water partition coefficient (Wildman–Crippen LogP) is 2.25. The van der Waals surface area contributed by atoms with E-state index in [-0.39, 0.29) is 5.91 Å². The van der Waals surface area contributed by atoms with Gasteiger partial charge >= 0.3 is 5.97 Å². The summed E-state index contributed by atoms with van der Waals surface area (Å²) in [6.45, 7) is 0. The average molecular weight is 312 g/mol. The number of nitrogens with zero attached hydrogens (tertiary/aromatic N) is 1. The van der Waals surface area contributed by atoms with E-state index in [0.29, 0.717) is 16.9 Å². The molecule has 0 fully saturated rings. The molecule has 0 atom stereocenters. The van der Waals surface area contributed by atoms with Crippen LogP contribution in [0.3, 0.4) is 0 Å². The molecular weight excluding hydrogens is 296 g/mol. The number of rotatable bonds is 5. The van der Waals surface area contributed by atoms with Crippen LogP contribution in [0.1, 0.15) is 26.3 Å². The molecule has 0 saturated carbocycles. The highest BCUT2D eigenvalue weighted by molar-refractivity contribution is 5.95. The van der Waals surface area contributed by atoms with Gasteiger partial charge < -0.3 is 9.47 Å². The molecule has 0 aliphatic carbocycles. The number of carbonyl (C=O) groups is 2. The van der Waals surface area contributed by atoms with Crippen molar-refractivity contribution in [3.8, 4) is 5.75 Å². The van der Waals surface area contributed by atoms with Gasteiger partial charge in [0.1, 0.15) is 5.75 Å². The number of benzene rings is 2. The summed E-state index contributed by atoms with van der Waals surface area (Å²) < 4.78 is 9.68. The third kappa shape index (κ3) is 4.41. The van der Waals surface area contributed by atoms with Crippen LogP contribution in [0.25, 0.3) is 0 Å². The Morgan fingerprint density at radius 1 is 1.04 bits per heavy atom. The summed E-state index contributed by atoms with van der Waals surface area (Å²) in [4.78, 5) is 23.3. The highest BCUT2D eigenvalue weighted by Gasteiger charge is 2.05. The molecule has 2 aromatic carbocycles. The normalized spacial score (nSPS) is 10.3. The zero-order valence-electron chi connectivity index (χ0n) is 12.8. The van der Waals surface area contributed by atoms with Gasteiger partial charge in [-0.15, -0.1) is 0 Å². The molecular formula is C17H16N2O4. The largest absolute Gasteiger partial charge is 0.497 e. The van der Waals surface area contributed by atoms with Crippen molar-refractivity contribution >= 4 is 18.1 Å². The molecule has 0 spiro atoms. The van der Waals surface area contributed by atoms with Crippen molar-refractivity contribution in [2.45, 2.75) is 0 Å². The molecule has 0 bridgehead atoms. The topological polar surface area (TPSA) is 77.0 Å². The molecule has 1 N–H and O–H groups in total. The molecule has 0 aromatic heterocycles. The summed E-state index contributed by atoms with van der Waals surface area (Å²) >= 11 is 0. The predicted molar refractivity (Wildman–Crippen MR) is 85.8 cm³/mol. The van der Waals surface area contributed by atoms with E-state index < -0.39 is 5.97 Å². The summed E-state index contributed by atoms with van der Waals surface area (Å²) in [7, 11) is 2.86. The number of hydrogen-bond acceptors (Lipinski definition) is 5. The minimum absolute atomic E-state index is 0.341. The van der Waals surface area contributed by atoms with Crippen molar-refractivity contribution < 1.29 is 19.1 Å². The number of carbonyl (C=O) groups excluding carboxylic acids is 2. The number of hydrogen-bond donors (Lipinski definition) is 1. The SMILES string of the molecule is COC(=O)c1ccc(/C=N/NC(=O)c2cccc(OC)c2)cc1. The van der Waals surface area contributed by atoms with Crippen LogP contribution in [0.5, 0.6) is 5.75 Å². The number of hydrazone groups is 1. The van der Waals surface area contributed by atoms with E-state index >= 15 is 0 Å². The Hall–Kier alpha value is -3.15. The Labute approximate surface area is 133 Å². The maximum absolute atomic E-state index is 11.9. The monoisotopic (exact) mass is 312 g/mol. The molecule has 6 heteroatoms. The second kappa shape index (κ2) is 7.74. The summed E-state index contributed by atoms with van der Waals surface area (Å²) in [6, 6.07) is 13.4. The van der Waals surface area contributed by atoms with E-state index in [0.717, 1.165) is 5.56 Å². The molecule has 0 aliphatic rings. The summed E-state index contributed by atoms with van der Waals surface area (Å²) in [5.41, 5.74) is 4.07. The first-order chi connectivity index (χ1) is 11.1. The van der Waals surface area contributed by atoms with E-state index in [2.05, 4.69) is 15.3 Å². The van der Waals surface area contributed by atoms with Crippen molar-refractivity contribution in [1.82, 2.24) is 5.43 Å². The fraction of sp³-hybridized carbons (Fsp3) is 0.118. The lowest BCUT2D eigenvalue weighted by atomic mass is 10.1. The fourth-order valence-corrected chi connectivity index (χ4v) is 1.82. The Morgan fingerprint density at radius 2 is 1.78 bits per heavy atom. The third-order valence-corrected chi connectivity index (χ3v) is 3.04. The summed E-state index contributed by atoms with van der Waals surface area (Å²) in [6.07, 6.45) is 1.49. The van der Waals surface area contributed by atoms with Gasteiger partial charge in [0, 0.05) is 5.56 Å². The highest BCUT2D eigenvalue weighted by Crippen LogP contribution is 2.12. The van der Waals surface area contributed by atoms with Crippen molar-refractivity contribution in [1.29, 1.82) is 0 Å². The third-order valence-electron chi connectivity index (χ3n) is 3.04. The quantitative estimate of drug-likeness (QED) is 0.522. The van der Waals surface area contributed by atoms with Crippen LogP contribution < -0.4 is 10.2 Å². The number of ether oxygens (including phenoxy) is 2. The number of esters is 1. The van der Waals surface area contributed by atoms with Gasteiger partial charge in [-0.1, -0.05) is 18.2 Å². The molecule has 2 aromatic rings. The minimum atomic E-state index is -0.403. The van der Waals surface area contributed by atoms with Crippen LogP contribution in [0.4, 0.5) is 0 Å². The maximum Gasteiger partial charge on any atom is 0.337 e. The van der Waals surface area contributed by atoms with E-state index in [1.807, 2.05) is 0 Å². The summed E-state index contributed by atoms with van der Waals surface area (Å²) in [5.74, 6) is -0.147. The molecule has 0 aliphatic heterocycles. The zero-order chi connectivity index (χ0) is 16.7. The van der Waals surface area contributed by atoms with Crippen LogP contribution in [-0.4, -0.2) is 32.3 Å². The average Bonchev–Trinajstić information content (AvgIpc) is 2.61. The second-order valence-corrected chi connectivity index (χ2v) is 4.54. The lowest BCUT2D eigenvalue weighted by molar-refractivity contribution is 0.0600. The number of methoxy groups -OCH3 is 2. The minimum Gasteiger partial charge on any atom is -0.497 e. The molecule has 0 radical (unpaired) electrons.